The molecular weight excluding hydrogens is 271 g/mol. The fraction of sp³-hybridized carbons (Fsp3) is 0. The van der Waals surface area contributed by atoms with Crippen molar-refractivity contribution >= 4 is 11.9 Å². The molecule has 6 nitrogen and oxygen atoms in total. The first kappa shape index (κ1) is 15.0. The minimum Gasteiger partial charge on any atom is -0.477 e. The number of rotatable bonds is 2. The molecule has 0 saturated carbocycles. The summed E-state index contributed by atoms with van der Waals surface area (Å²) in [6, 6.07) is 6.29. The van der Waals surface area contributed by atoms with Gasteiger partial charge in [-0.25, -0.2) is 9.59 Å². The number of carboxylic acid groups (broad SMARTS) is 2. The maximum Gasteiger partial charge on any atom is 0.352 e. The van der Waals surface area contributed by atoms with Gasteiger partial charge in [0.1, 0.15) is 11.4 Å². The van der Waals surface area contributed by atoms with Gasteiger partial charge in [0.25, 0.3) is 0 Å². The van der Waals surface area contributed by atoms with Crippen LogP contribution in [-0.2, 0) is 16.5 Å². The number of H-pyrrole nitrogens is 2. The zero-order valence-corrected chi connectivity index (χ0v) is 9.48. The van der Waals surface area contributed by atoms with Crippen LogP contribution in [0.5, 0.6) is 0 Å². The Bertz CT molecular complexity index is 406. The molecule has 0 fully saturated rings. The third-order valence-corrected chi connectivity index (χ3v) is 1.66. The second-order valence-electron chi connectivity index (χ2n) is 2.78. The van der Waals surface area contributed by atoms with Crippen LogP contribution in [0.2, 0.25) is 0 Å². The van der Waals surface area contributed by atoms with Crippen LogP contribution in [-0.4, -0.2) is 32.1 Å². The third kappa shape index (κ3) is 5.04. The monoisotopic (exact) mass is 280 g/mol. The molecule has 0 amide bonds. The van der Waals surface area contributed by atoms with Crippen LogP contribution in [0.25, 0.3) is 0 Å². The number of hydrogen-bond donors (Lipinski definition) is 4. The van der Waals surface area contributed by atoms with Crippen molar-refractivity contribution in [3.8, 4) is 0 Å². The molecule has 2 aromatic rings. The van der Waals surface area contributed by atoms with Gasteiger partial charge in [0.2, 0.25) is 0 Å². The summed E-state index contributed by atoms with van der Waals surface area (Å²) in [6.07, 6.45) is 3.15. The largest absolute Gasteiger partial charge is 0.477 e. The summed E-state index contributed by atoms with van der Waals surface area (Å²) in [7, 11) is 0. The zero-order valence-electron chi connectivity index (χ0n) is 8.49. The third-order valence-electron chi connectivity index (χ3n) is 1.66. The van der Waals surface area contributed by atoms with Crippen molar-refractivity contribution < 1.29 is 36.3 Å². The molecule has 94 valence electrons. The number of nitrogens with one attached hydrogen (secondary N) is 2. The van der Waals surface area contributed by atoms with Crippen LogP contribution >= 0.6 is 0 Å². The smallest absolute Gasteiger partial charge is 0.352 e. The quantitative estimate of drug-likeness (QED) is 0.624. The van der Waals surface area contributed by atoms with Crippen LogP contribution in [0.3, 0.4) is 0 Å². The standard InChI is InChI=1S/2C5H5NO2.Ni/c2*7-5(8)4-2-1-3-6-4;/h2*1-3,6H,(H,7,8);. The summed E-state index contributed by atoms with van der Waals surface area (Å²) in [5.74, 6) is -1.84. The Labute approximate surface area is 107 Å². The summed E-state index contributed by atoms with van der Waals surface area (Å²) in [4.78, 5) is 25.1. The molecule has 0 radical (unpaired) electrons. The average Bonchev–Trinajstić information content (AvgIpc) is 2.93. The van der Waals surface area contributed by atoms with E-state index in [4.69, 9.17) is 10.2 Å². The van der Waals surface area contributed by atoms with E-state index in [1.165, 1.54) is 12.1 Å². The Morgan fingerprint density at radius 3 is 1.35 bits per heavy atom. The molecule has 17 heavy (non-hydrogen) atoms. The minimum atomic E-state index is -0.921. The van der Waals surface area contributed by atoms with Gasteiger partial charge in [-0.2, -0.15) is 0 Å². The van der Waals surface area contributed by atoms with E-state index in [0.717, 1.165) is 0 Å². The second-order valence-corrected chi connectivity index (χ2v) is 2.78. The van der Waals surface area contributed by atoms with E-state index in [-0.39, 0.29) is 27.9 Å². The van der Waals surface area contributed by atoms with Crippen molar-refractivity contribution in [2.45, 2.75) is 0 Å². The maximum atomic E-state index is 10.0. The summed E-state index contributed by atoms with van der Waals surface area (Å²) in [5.41, 5.74) is 0.454. The first-order valence-electron chi connectivity index (χ1n) is 4.34. The molecule has 0 aliphatic rings. The van der Waals surface area contributed by atoms with Gasteiger partial charge in [-0.05, 0) is 24.3 Å². The molecule has 2 heterocycles. The molecule has 2 rings (SSSR count). The Morgan fingerprint density at radius 2 is 1.24 bits per heavy atom. The van der Waals surface area contributed by atoms with E-state index in [2.05, 4.69) is 9.97 Å². The second kappa shape index (κ2) is 7.30. The summed E-state index contributed by atoms with van der Waals surface area (Å²) in [6.45, 7) is 0. The summed E-state index contributed by atoms with van der Waals surface area (Å²) >= 11 is 0. The van der Waals surface area contributed by atoms with Gasteiger partial charge in [-0.1, -0.05) is 0 Å². The van der Waals surface area contributed by atoms with Crippen LogP contribution in [0.15, 0.2) is 36.7 Å². The van der Waals surface area contributed by atoms with E-state index in [9.17, 15) is 9.59 Å². The molecule has 2 aromatic heterocycles. The molecule has 0 aliphatic carbocycles. The molecule has 0 aromatic carbocycles. The van der Waals surface area contributed by atoms with Crippen molar-refractivity contribution in [1.29, 1.82) is 0 Å². The number of hydrogen-bond acceptors (Lipinski definition) is 2. The molecule has 7 heteroatoms. The van der Waals surface area contributed by atoms with Gasteiger partial charge in [0.05, 0.1) is 0 Å². The fourth-order valence-electron chi connectivity index (χ4n) is 0.927. The van der Waals surface area contributed by atoms with Crippen LogP contribution in [0, 0.1) is 0 Å². The van der Waals surface area contributed by atoms with E-state index in [0.29, 0.717) is 0 Å². The number of carbonyl (C=O) groups is 2. The predicted molar refractivity (Wildman–Crippen MR) is 55.5 cm³/mol. The van der Waals surface area contributed by atoms with Gasteiger partial charge < -0.3 is 20.2 Å². The van der Waals surface area contributed by atoms with Gasteiger partial charge in [0, 0.05) is 28.9 Å². The molecule has 0 saturated heterocycles. The van der Waals surface area contributed by atoms with E-state index in [1.807, 2.05) is 0 Å². The topological polar surface area (TPSA) is 106 Å². The van der Waals surface area contributed by atoms with Gasteiger partial charge in [-0.3, -0.25) is 0 Å². The van der Waals surface area contributed by atoms with E-state index < -0.39 is 11.9 Å². The van der Waals surface area contributed by atoms with Crippen LogP contribution in [0.4, 0.5) is 0 Å². The molecule has 0 spiro atoms. The van der Waals surface area contributed by atoms with E-state index >= 15 is 0 Å². The number of carboxylic acids is 2. The first-order chi connectivity index (χ1) is 7.61. The normalized spacial score (nSPS) is 8.47. The average molecular weight is 281 g/mol. The van der Waals surface area contributed by atoms with Gasteiger partial charge in [-0.15, -0.1) is 0 Å². The predicted octanol–water partition coefficient (Wildman–Crippen LogP) is 1.42. The van der Waals surface area contributed by atoms with Crippen molar-refractivity contribution in [2.24, 2.45) is 0 Å². The van der Waals surface area contributed by atoms with Crippen molar-refractivity contribution in [2.75, 3.05) is 0 Å². The van der Waals surface area contributed by atoms with Gasteiger partial charge >= 0.3 is 11.9 Å². The summed E-state index contributed by atoms with van der Waals surface area (Å²) < 4.78 is 0. The van der Waals surface area contributed by atoms with Gasteiger partial charge in [0.15, 0.2) is 0 Å². The molecule has 0 aliphatic heterocycles. The van der Waals surface area contributed by atoms with Crippen molar-refractivity contribution in [3.05, 3.63) is 48.0 Å². The summed E-state index contributed by atoms with van der Waals surface area (Å²) in [5, 5.41) is 16.5. The molecule has 0 bridgehead atoms. The Balaban J connectivity index is 0.000000284. The molecule has 0 unspecified atom stereocenters. The number of aromatic carboxylic acids is 2. The Kier molecular flexibility index (Phi) is 6.44. The molecule has 0 atom stereocenters. The molecule has 4 N–H and O–H groups in total. The van der Waals surface area contributed by atoms with Crippen molar-refractivity contribution in [3.63, 3.8) is 0 Å². The first-order valence-corrected chi connectivity index (χ1v) is 4.34. The Hall–Kier alpha value is -2.01. The maximum absolute atomic E-state index is 10.0. The Morgan fingerprint density at radius 1 is 0.882 bits per heavy atom. The van der Waals surface area contributed by atoms with Crippen LogP contribution in [0.1, 0.15) is 21.0 Å². The number of aromatic amines is 2. The zero-order chi connectivity index (χ0) is 12.0. The molecular formula is C10H10N2NiO4. The SMILES string of the molecule is O=C(O)c1ccc[nH]1.O=C(O)c1ccc[nH]1.[Ni]. The fourth-order valence-corrected chi connectivity index (χ4v) is 0.927. The number of aromatic nitrogens is 2. The van der Waals surface area contributed by atoms with Crippen molar-refractivity contribution in [1.82, 2.24) is 9.97 Å². The van der Waals surface area contributed by atoms with Crippen LogP contribution < -0.4 is 0 Å². The van der Waals surface area contributed by atoms with E-state index in [1.54, 1.807) is 24.5 Å². The minimum absolute atomic E-state index is 0.